The summed E-state index contributed by atoms with van der Waals surface area (Å²) < 4.78 is 0. The van der Waals surface area contributed by atoms with Gasteiger partial charge in [-0.25, -0.2) is 0 Å². The molecule has 0 spiro atoms. The van der Waals surface area contributed by atoms with Crippen molar-refractivity contribution in [3.8, 4) is 6.07 Å². The molecule has 0 amide bonds. The highest BCUT2D eigenvalue weighted by Crippen LogP contribution is 1.94. The highest BCUT2D eigenvalue weighted by molar-refractivity contribution is 5.07. The van der Waals surface area contributed by atoms with Crippen molar-refractivity contribution in [1.29, 1.82) is 5.26 Å². The summed E-state index contributed by atoms with van der Waals surface area (Å²) in [4.78, 5) is 2.97. The van der Waals surface area contributed by atoms with Crippen LogP contribution in [0.2, 0.25) is 0 Å². The van der Waals surface area contributed by atoms with Crippen LogP contribution in [0.5, 0.6) is 0 Å². The third kappa shape index (κ3) is 2.87. The standard InChI is InChI=1S/C8H11N3/c9-3-1-4-10-6-8-2-5-11-7-8/h2,5,7,10-11H,1,4,6H2. The molecule has 3 heteroatoms. The Morgan fingerprint density at radius 2 is 2.55 bits per heavy atom. The second kappa shape index (κ2) is 4.53. The van der Waals surface area contributed by atoms with E-state index in [1.54, 1.807) is 0 Å². The molecule has 0 saturated heterocycles. The summed E-state index contributed by atoms with van der Waals surface area (Å²) in [6.07, 6.45) is 4.41. The Bertz CT molecular complexity index is 220. The smallest absolute Gasteiger partial charge is 0.0635 e. The van der Waals surface area contributed by atoms with Gasteiger partial charge in [-0.15, -0.1) is 0 Å². The van der Waals surface area contributed by atoms with Crippen molar-refractivity contribution in [3.05, 3.63) is 24.0 Å². The van der Waals surface area contributed by atoms with Crippen LogP contribution >= 0.6 is 0 Å². The van der Waals surface area contributed by atoms with Gasteiger partial charge in [0.1, 0.15) is 0 Å². The zero-order valence-corrected chi connectivity index (χ0v) is 6.30. The average Bonchev–Trinajstić information content (AvgIpc) is 2.50. The Morgan fingerprint density at radius 1 is 1.64 bits per heavy atom. The zero-order valence-electron chi connectivity index (χ0n) is 6.30. The number of aromatic amines is 1. The summed E-state index contributed by atoms with van der Waals surface area (Å²) >= 11 is 0. The summed E-state index contributed by atoms with van der Waals surface area (Å²) in [6, 6.07) is 4.09. The van der Waals surface area contributed by atoms with Crippen molar-refractivity contribution in [2.75, 3.05) is 6.54 Å². The first-order chi connectivity index (χ1) is 5.43. The maximum absolute atomic E-state index is 8.23. The number of H-pyrrole nitrogens is 1. The molecule has 2 N–H and O–H groups in total. The van der Waals surface area contributed by atoms with Crippen molar-refractivity contribution in [3.63, 3.8) is 0 Å². The van der Waals surface area contributed by atoms with E-state index in [0.29, 0.717) is 6.42 Å². The Balaban J connectivity index is 2.10. The Hall–Kier alpha value is -1.27. The minimum absolute atomic E-state index is 0.574. The van der Waals surface area contributed by atoms with Gasteiger partial charge in [0.2, 0.25) is 0 Å². The molecule has 0 aromatic carbocycles. The van der Waals surface area contributed by atoms with Crippen molar-refractivity contribution < 1.29 is 0 Å². The number of hydrogen-bond donors (Lipinski definition) is 2. The predicted octanol–water partition coefficient (Wildman–Crippen LogP) is 1.02. The molecule has 0 aliphatic rings. The predicted molar refractivity (Wildman–Crippen MR) is 42.7 cm³/mol. The molecule has 0 atom stereocenters. The average molecular weight is 149 g/mol. The van der Waals surface area contributed by atoms with E-state index >= 15 is 0 Å². The van der Waals surface area contributed by atoms with Crippen molar-refractivity contribution in [2.24, 2.45) is 0 Å². The number of nitriles is 1. The SMILES string of the molecule is N#CCCNCc1cc[nH]c1. The van der Waals surface area contributed by atoms with Gasteiger partial charge in [0.15, 0.2) is 0 Å². The molecule has 1 aromatic heterocycles. The first kappa shape index (κ1) is 7.83. The summed E-state index contributed by atoms with van der Waals surface area (Å²) in [6.45, 7) is 1.60. The number of rotatable bonds is 4. The molecule has 1 heterocycles. The van der Waals surface area contributed by atoms with Crippen LogP contribution in [0.25, 0.3) is 0 Å². The number of aromatic nitrogens is 1. The van der Waals surface area contributed by atoms with Crippen LogP contribution in [0.4, 0.5) is 0 Å². The van der Waals surface area contributed by atoms with E-state index in [-0.39, 0.29) is 0 Å². The molecule has 1 rings (SSSR count). The van der Waals surface area contributed by atoms with E-state index in [0.717, 1.165) is 13.1 Å². The molecule has 0 aliphatic heterocycles. The lowest BCUT2D eigenvalue weighted by Gasteiger charge is -1.97. The summed E-state index contributed by atoms with van der Waals surface area (Å²) in [5.41, 5.74) is 1.22. The van der Waals surface area contributed by atoms with Gasteiger partial charge in [0, 0.05) is 31.9 Å². The number of hydrogen-bond acceptors (Lipinski definition) is 2. The molecule has 3 nitrogen and oxygen atoms in total. The van der Waals surface area contributed by atoms with Gasteiger partial charge in [0.05, 0.1) is 6.07 Å². The minimum Gasteiger partial charge on any atom is -0.367 e. The van der Waals surface area contributed by atoms with Crippen LogP contribution in [-0.4, -0.2) is 11.5 Å². The second-order valence-corrected chi connectivity index (χ2v) is 2.30. The Kier molecular flexibility index (Phi) is 3.23. The molecule has 11 heavy (non-hydrogen) atoms. The molecule has 0 bridgehead atoms. The second-order valence-electron chi connectivity index (χ2n) is 2.30. The first-order valence-electron chi connectivity index (χ1n) is 3.63. The molecule has 58 valence electrons. The van der Waals surface area contributed by atoms with Crippen LogP contribution in [0.3, 0.4) is 0 Å². The fourth-order valence-corrected chi connectivity index (χ4v) is 0.845. The van der Waals surface area contributed by atoms with Crippen LogP contribution in [-0.2, 0) is 6.54 Å². The van der Waals surface area contributed by atoms with Gasteiger partial charge < -0.3 is 10.3 Å². The summed E-state index contributed by atoms with van der Waals surface area (Å²) in [5.74, 6) is 0. The van der Waals surface area contributed by atoms with Gasteiger partial charge in [0.25, 0.3) is 0 Å². The van der Waals surface area contributed by atoms with Crippen LogP contribution in [0, 0.1) is 11.3 Å². The van der Waals surface area contributed by atoms with Gasteiger partial charge in [-0.05, 0) is 11.6 Å². The molecule has 0 saturated carbocycles. The zero-order chi connectivity index (χ0) is 7.94. The van der Waals surface area contributed by atoms with E-state index in [9.17, 15) is 0 Å². The first-order valence-corrected chi connectivity index (χ1v) is 3.63. The third-order valence-electron chi connectivity index (χ3n) is 1.41. The quantitative estimate of drug-likeness (QED) is 0.628. The van der Waals surface area contributed by atoms with E-state index in [4.69, 9.17) is 5.26 Å². The lowest BCUT2D eigenvalue weighted by Crippen LogP contribution is -2.13. The van der Waals surface area contributed by atoms with Gasteiger partial charge in [-0.3, -0.25) is 0 Å². The fourth-order valence-electron chi connectivity index (χ4n) is 0.845. The van der Waals surface area contributed by atoms with Crippen LogP contribution < -0.4 is 5.32 Å². The van der Waals surface area contributed by atoms with Crippen molar-refractivity contribution in [1.82, 2.24) is 10.3 Å². The Morgan fingerprint density at radius 3 is 3.18 bits per heavy atom. The largest absolute Gasteiger partial charge is 0.367 e. The Labute approximate surface area is 66.0 Å². The van der Waals surface area contributed by atoms with Crippen molar-refractivity contribution in [2.45, 2.75) is 13.0 Å². The van der Waals surface area contributed by atoms with Gasteiger partial charge in [-0.2, -0.15) is 5.26 Å². The summed E-state index contributed by atoms with van der Waals surface area (Å²) in [7, 11) is 0. The molecule has 0 aliphatic carbocycles. The van der Waals surface area contributed by atoms with E-state index < -0.39 is 0 Å². The topological polar surface area (TPSA) is 51.6 Å². The minimum atomic E-state index is 0.574. The highest BCUT2D eigenvalue weighted by atomic mass is 14.8. The number of nitrogens with zero attached hydrogens (tertiary/aromatic N) is 1. The molecule has 0 unspecified atom stereocenters. The lowest BCUT2D eigenvalue weighted by molar-refractivity contribution is 0.699. The molecule has 0 fully saturated rings. The van der Waals surface area contributed by atoms with Gasteiger partial charge >= 0.3 is 0 Å². The molecular weight excluding hydrogens is 138 g/mol. The highest BCUT2D eigenvalue weighted by Gasteiger charge is 1.89. The molecular formula is C8H11N3. The van der Waals surface area contributed by atoms with E-state index in [1.807, 2.05) is 18.5 Å². The normalized spacial score (nSPS) is 9.36. The third-order valence-corrected chi connectivity index (χ3v) is 1.41. The van der Waals surface area contributed by atoms with Crippen LogP contribution in [0.15, 0.2) is 18.5 Å². The fraction of sp³-hybridized carbons (Fsp3) is 0.375. The maximum Gasteiger partial charge on any atom is 0.0635 e. The molecule has 1 aromatic rings. The molecule has 0 radical (unpaired) electrons. The lowest BCUT2D eigenvalue weighted by atomic mass is 10.3. The monoisotopic (exact) mass is 149 g/mol. The summed E-state index contributed by atoms with van der Waals surface area (Å²) in [5, 5.41) is 11.4. The van der Waals surface area contributed by atoms with Crippen molar-refractivity contribution >= 4 is 0 Å². The van der Waals surface area contributed by atoms with Gasteiger partial charge in [-0.1, -0.05) is 0 Å². The number of nitrogens with one attached hydrogen (secondary N) is 2. The van der Waals surface area contributed by atoms with E-state index in [2.05, 4.69) is 16.4 Å². The maximum atomic E-state index is 8.23. The van der Waals surface area contributed by atoms with E-state index in [1.165, 1.54) is 5.56 Å². The van der Waals surface area contributed by atoms with Crippen LogP contribution in [0.1, 0.15) is 12.0 Å².